The van der Waals surface area contributed by atoms with E-state index in [0.29, 0.717) is 0 Å². The SMILES string of the molecule is CNC(CCC(=O)O)C(=O)NC(CCC(=O)NC(CSSCC(NC(=O)CN1CCN(CC(=O)[O-])CCN(CC(=O)[O-])CCN(CC(=O)[O-])CC1)C(N)=O)C(N)=O)C(C)=O. The lowest BCUT2D eigenvalue weighted by atomic mass is 10.1. The van der Waals surface area contributed by atoms with Gasteiger partial charge in [0.1, 0.15) is 12.1 Å². The average Bonchev–Trinajstić information content (AvgIpc) is 3.14. The number of carboxylic acids is 4. The number of Topliss-reactive ketones (excluding diaryl/α,β-unsaturated/α-hetero) is 1. The molecule has 0 aromatic heterocycles. The fraction of sp³-hybridized carbons (Fsp3) is 0.706. The van der Waals surface area contributed by atoms with Crippen LogP contribution in [0.1, 0.15) is 32.6 Å². The molecule has 26 heteroatoms. The highest BCUT2D eigenvalue weighted by atomic mass is 33.1. The molecule has 340 valence electrons. The number of nitrogens with two attached hydrogens (primary N) is 2. The van der Waals surface area contributed by atoms with Gasteiger partial charge in [-0.2, -0.15) is 0 Å². The van der Waals surface area contributed by atoms with Crippen molar-refractivity contribution in [3.05, 3.63) is 0 Å². The number of hydrogen-bond acceptors (Lipinski definition) is 20. The topological polar surface area (TPSA) is 373 Å². The smallest absolute Gasteiger partial charge is 0.303 e. The van der Waals surface area contributed by atoms with E-state index in [-0.39, 0.29) is 96.1 Å². The summed E-state index contributed by atoms with van der Waals surface area (Å²) in [6.07, 6.45) is -0.744. The summed E-state index contributed by atoms with van der Waals surface area (Å²) in [7, 11) is 3.52. The van der Waals surface area contributed by atoms with Crippen LogP contribution in [-0.2, 0) is 47.9 Å². The van der Waals surface area contributed by atoms with Gasteiger partial charge in [0.15, 0.2) is 5.78 Å². The Morgan fingerprint density at radius 2 is 0.933 bits per heavy atom. The first-order valence-electron chi connectivity index (χ1n) is 18.8. The Morgan fingerprint density at radius 1 is 0.567 bits per heavy atom. The maximum Gasteiger partial charge on any atom is 0.303 e. The van der Waals surface area contributed by atoms with Gasteiger partial charge in [0.2, 0.25) is 29.5 Å². The molecule has 0 aromatic carbocycles. The fourth-order valence-corrected chi connectivity index (χ4v) is 8.04. The molecule has 5 amide bonds. The Morgan fingerprint density at radius 3 is 1.27 bits per heavy atom. The fourth-order valence-electron chi connectivity index (χ4n) is 5.69. The van der Waals surface area contributed by atoms with Crippen molar-refractivity contribution in [1.29, 1.82) is 0 Å². The van der Waals surface area contributed by atoms with Crippen molar-refractivity contribution >= 4 is 80.8 Å². The molecule has 9 N–H and O–H groups in total. The summed E-state index contributed by atoms with van der Waals surface area (Å²) in [5, 5.41) is 53.2. The quantitative estimate of drug-likeness (QED) is 0.0297. The van der Waals surface area contributed by atoms with Crippen molar-refractivity contribution in [1.82, 2.24) is 40.9 Å². The molecule has 60 heavy (non-hydrogen) atoms. The molecule has 1 fully saturated rings. The number of rotatable bonds is 27. The Balaban J connectivity index is 2.82. The van der Waals surface area contributed by atoms with Crippen molar-refractivity contribution in [2.75, 3.05) is 97.1 Å². The molecule has 0 aromatic rings. The van der Waals surface area contributed by atoms with E-state index in [4.69, 9.17) is 16.6 Å². The predicted molar refractivity (Wildman–Crippen MR) is 210 cm³/mol. The van der Waals surface area contributed by atoms with Gasteiger partial charge in [0, 0.05) is 96.3 Å². The third kappa shape index (κ3) is 23.9. The van der Waals surface area contributed by atoms with E-state index >= 15 is 0 Å². The number of likely N-dealkylation sites (N-methyl/N-ethyl adjacent to an activating group) is 1. The highest BCUT2D eigenvalue weighted by Crippen LogP contribution is 2.23. The lowest BCUT2D eigenvalue weighted by molar-refractivity contribution is -0.308. The van der Waals surface area contributed by atoms with Gasteiger partial charge < -0.3 is 67.5 Å². The van der Waals surface area contributed by atoms with Gasteiger partial charge in [0.05, 0.1) is 36.5 Å². The van der Waals surface area contributed by atoms with Crippen LogP contribution in [0.25, 0.3) is 0 Å². The molecule has 0 saturated carbocycles. The van der Waals surface area contributed by atoms with E-state index < -0.39 is 103 Å². The molecule has 1 heterocycles. The number of amides is 5. The Kier molecular flexibility index (Phi) is 25.6. The molecule has 24 nitrogen and oxygen atoms in total. The summed E-state index contributed by atoms with van der Waals surface area (Å²) in [5.41, 5.74) is 11.0. The zero-order valence-electron chi connectivity index (χ0n) is 33.6. The lowest BCUT2D eigenvalue weighted by Crippen LogP contribution is -2.53. The molecule has 1 aliphatic rings. The van der Waals surface area contributed by atoms with Crippen LogP contribution in [0.5, 0.6) is 0 Å². The van der Waals surface area contributed by atoms with Gasteiger partial charge in [-0.25, -0.2) is 0 Å². The van der Waals surface area contributed by atoms with Gasteiger partial charge in [-0.15, -0.1) is 0 Å². The molecule has 0 aliphatic carbocycles. The third-order valence-electron chi connectivity index (χ3n) is 9.04. The molecule has 0 radical (unpaired) electrons. The first-order valence-corrected chi connectivity index (χ1v) is 21.3. The summed E-state index contributed by atoms with van der Waals surface area (Å²) in [5.74, 6) is -9.53. The van der Waals surface area contributed by atoms with Crippen LogP contribution in [0.15, 0.2) is 0 Å². The second kappa shape index (κ2) is 28.8. The van der Waals surface area contributed by atoms with Crippen molar-refractivity contribution in [3.63, 3.8) is 0 Å². The first kappa shape index (κ1) is 53.4. The number of nitrogens with one attached hydrogen (secondary N) is 4. The first-order chi connectivity index (χ1) is 28.2. The number of carbonyl (C=O) groups is 10. The predicted octanol–water partition coefficient (Wildman–Crippen LogP) is -8.91. The van der Waals surface area contributed by atoms with Gasteiger partial charge in [-0.1, -0.05) is 21.6 Å². The van der Waals surface area contributed by atoms with Crippen molar-refractivity contribution in [2.45, 2.75) is 56.8 Å². The van der Waals surface area contributed by atoms with Gasteiger partial charge in [0.25, 0.3) is 0 Å². The van der Waals surface area contributed by atoms with Crippen LogP contribution >= 0.6 is 21.6 Å². The molecule has 0 spiro atoms. The standard InChI is InChI=1S/C34H58N10O14S2/c1-21(45)22(40-34(58)23(37-2)4-6-28(48)49)3-5-26(46)38-24(32(35)56)19-59-60-20-25(33(36)57)39-27(47)15-41-7-9-42(16-29(50)51)11-13-44(18-31(54)55)14-12-43(10-8-41)17-30(52)53/h22-25,37H,3-20H2,1-2H3,(H2,35,56)(H2,36,57)(H,38,46)(H,39,47)(H,40,58)(H,48,49)(H,50,51)(H,52,53)(H,54,55)/p-3. The van der Waals surface area contributed by atoms with E-state index in [1.807, 2.05) is 0 Å². The van der Waals surface area contributed by atoms with E-state index in [1.165, 1.54) is 28.7 Å². The van der Waals surface area contributed by atoms with E-state index in [0.717, 1.165) is 21.6 Å². The Hall–Kier alpha value is -4.60. The number of primary amides is 2. The minimum absolute atomic E-state index is 0.0351. The summed E-state index contributed by atoms with van der Waals surface area (Å²) in [6.45, 7) is 0.359. The second-order valence-corrected chi connectivity index (χ2v) is 16.4. The van der Waals surface area contributed by atoms with E-state index in [2.05, 4.69) is 21.3 Å². The Bertz CT molecular complexity index is 1480. The minimum Gasteiger partial charge on any atom is -0.549 e. The summed E-state index contributed by atoms with van der Waals surface area (Å²) >= 11 is 0. The number of nitrogens with zero attached hydrogens (tertiary/aromatic N) is 4. The van der Waals surface area contributed by atoms with Crippen molar-refractivity contribution < 1.29 is 68.4 Å². The van der Waals surface area contributed by atoms with Crippen LogP contribution < -0.4 is 48.1 Å². The lowest BCUT2D eigenvalue weighted by Gasteiger charge is -2.34. The van der Waals surface area contributed by atoms with Crippen LogP contribution in [-0.4, -0.2) is 205 Å². The molecular formula is C34H55N10O14S2-3. The summed E-state index contributed by atoms with van der Waals surface area (Å²) in [6, 6.07) is -4.35. The van der Waals surface area contributed by atoms with Crippen LogP contribution in [0, 0.1) is 0 Å². The highest BCUT2D eigenvalue weighted by Gasteiger charge is 2.26. The normalized spacial score (nSPS) is 17.0. The minimum atomic E-state index is -1.38. The van der Waals surface area contributed by atoms with Crippen LogP contribution in [0.4, 0.5) is 0 Å². The largest absolute Gasteiger partial charge is 0.549 e. The molecular weight excluding hydrogens is 837 g/mol. The molecule has 0 bridgehead atoms. The van der Waals surface area contributed by atoms with Crippen molar-refractivity contribution in [3.8, 4) is 0 Å². The zero-order valence-corrected chi connectivity index (χ0v) is 35.2. The number of carboxylic acid groups (broad SMARTS) is 4. The number of aliphatic carboxylic acids is 4. The monoisotopic (exact) mass is 891 g/mol. The average molecular weight is 892 g/mol. The number of ketones is 1. The van der Waals surface area contributed by atoms with Crippen molar-refractivity contribution in [2.24, 2.45) is 11.5 Å². The zero-order chi connectivity index (χ0) is 45.4. The van der Waals surface area contributed by atoms with Gasteiger partial charge >= 0.3 is 5.97 Å². The van der Waals surface area contributed by atoms with Crippen LogP contribution in [0.2, 0.25) is 0 Å². The maximum atomic E-state index is 13.2. The maximum absolute atomic E-state index is 13.2. The Labute approximate surface area is 354 Å². The van der Waals surface area contributed by atoms with E-state index in [9.17, 15) is 63.3 Å². The molecule has 4 atom stereocenters. The molecule has 1 saturated heterocycles. The van der Waals surface area contributed by atoms with Gasteiger partial charge in [-0.3, -0.25) is 53.2 Å². The van der Waals surface area contributed by atoms with Gasteiger partial charge in [-0.05, 0) is 26.8 Å². The number of hydrogen-bond donors (Lipinski definition) is 7. The molecule has 4 unspecified atom stereocenters. The summed E-state index contributed by atoms with van der Waals surface area (Å²) < 4.78 is 0. The summed E-state index contributed by atoms with van der Waals surface area (Å²) in [4.78, 5) is 126. The van der Waals surface area contributed by atoms with Crippen LogP contribution in [0.3, 0.4) is 0 Å². The third-order valence-corrected chi connectivity index (χ3v) is 11.5. The highest BCUT2D eigenvalue weighted by molar-refractivity contribution is 8.76. The van der Waals surface area contributed by atoms with E-state index in [1.54, 1.807) is 4.90 Å². The second-order valence-electron chi connectivity index (χ2n) is 13.8. The number of carbonyl (C=O) groups excluding carboxylic acids is 9. The molecule has 1 aliphatic heterocycles. The molecule has 1 rings (SSSR count).